The quantitative estimate of drug-likeness (QED) is 0.123. The Balaban J connectivity index is 1.32. The van der Waals surface area contributed by atoms with Crippen molar-refractivity contribution in [2.75, 3.05) is 6.79 Å². The van der Waals surface area contributed by atoms with Crippen LogP contribution in [0.3, 0.4) is 0 Å². The van der Waals surface area contributed by atoms with E-state index in [1.807, 2.05) is 6.92 Å². The summed E-state index contributed by atoms with van der Waals surface area (Å²) in [7, 11) is 0. The molecule has 0 atom stereocenters. The Bertz CT molecular complexity index is 1650. The zero-order chi connectivity index (χ0) is 31.4. The maximum Gasteiger partial charge on any atom is 0.419 e. The number of nitrogens with two attached hydrogens (primary N) is 1. The molecular formula is C31H32N6O7. The van der Waals surface area contributed by atoms with Gasteiger partial charge in [0.05, 0.1) is 28.8 Å². The van der Waals surface area contributed by atoms with Gasteiger partial charge >= 0.3 is 12.1 Å². The molecule has 0 radical (unpaired) electrons. The van der Waals surface area contributed by atoms with E-state index in [2.05, 4.69) is 20.3 Å². The van der Waals surface area contributed by atoms with E-state index in [0.717, 1.165) is 29.6 Å². The van der Waals surface area contributed by atoms with Crippen LogP contribution in [-0.2, 0) is 9.47 Å². The summed E-state index contributed by atoms with van der Waals surface area (Å²) in [4.78, 5) is 64.2. The fourth-order valence-corrected chi connectivity index (χ4v) is 4.40. The molecule has 0 aliphatic heterocycles. The van der Waals surface area contributed by atoms with Crippen molar-refractivity contribution < 1.29 is 33.8 Å². The first kappa shape index (κ1) is 30.0. The molecule has 0 spiro atoms. The van der Waals surface area contributed by atoms with Gasteiger partial charge in [0.15, 0.2) is 5.84 Å². The third-order valence-electron chi connectivity index (χ3n) is 7.20. The highest BCUT2D eigenvalue weighted by atomic mass is 16.7. The zero-order valence-electron chi connectivity index (χ0n) is 24.2. The molecule has 2 aromatic carbocycles. The number of nitrogens with one attached hydrogen (secondary N) is 2. The average Bonchev–Trinajstić information content (AvgIpc) is 3.94. The number of nitrogens with zero attached hydrogens (tertiary/aromatic N) is 3. The van der Waals surface area contributed by atoms with Crippen molar-refractivity contribution >= 4 is 41.7 Å². The lowest BCUT2D eigenvalue weighted by molar-refractivity contribution is -0.0110. The van der Waals surface area contributed by atoms with Crippen molar-refractivity contribution in [3.05, 3.63) is 82.2 Å². The number of rotatable bonds is 9. The minimum absolute atomic E-state index is 0.0134. The van der Waals surface area contributed by atoms with Gasteiger partial charge in [-0.05, 0) is 87.1 Å². The van der Waals surface area contributed by atoms with Gasteiger partial charge < -0.3 is 30.6 Å². The molecule has 13 nitrogen and oxygen atoms in total. The average molecular weight is 601 g/mol. The monoisotopic (exact) mass is 600 g/mol. The molecule has 44 heavy (non-hydrogen) atoms. The van der Waals surface area contributed by atoms with Gasteiger partial charge in [0.2, 0.25) is 6.79 Å². The summed E-state index contributed by atoms with van der Waals surface area (Å²) < 4.78 is 10.1. The number of phenolic OH excluding ortho intramolecular Hbond substituents is 1. The summed E-state index contributed by atoms with van der Waals surface area (Å²) in [5.41, 5.74) is 8.61. The Kier molecular flexibility index (Phi) is 8.74. The molecule has 1 heterocycles. The van der Waals surface area contributed by atoms with Crippen molar-refractivity contribution in [3.63, 3.8) is 0 Å². The molecular weight excluding hydrogens is 568 g/mol. The molecule has 13 heteroatoms. The smallest absolute Gasteiger partial charge is 0.419 e. The van der Waals surface area contributed by atoms with Gasteiger partial charge in [0.25, 0.3) is 11.8 Å². The number of aliphatic imine (C=N–C) groups is 2. The number of carbonyl (C=O) groups excluding carboxylic acids is 4. The number of hydrogen-bond acceptors (Lipinski definition) is 8. The molecule has 3 amide bonds. The number of aromatic amines is 1. The van der Waals surface area contributed by atoms with Crippen molar-refractivity contribution in [3.8, 4) is 5.75 Å². The maximum atomic E-state index is 13.6. The van der Waals surface area contributed by atoms with E-state index in [0.29, 0.717) is 35.3 Å². The van der Waals surface area contributed by atoms with Gasteiger partial charge in [-0.3, -0.25) is 9.59 Å². The van der Waals surface area contributed by atoms with E-state index in [1.165, 1.54) is 30.5 Å². The highest BCUT2D eigenvalue weighted by molar-refractivity contribution is 6.09. The van der Waals surface area contributed by atoms with Crippen LogP contribution >= 0.6 is 0 Å². The van der Waals surface area contributed by atoms with Gasteiger partial charge in [-0.1, -0.05) is 6.07 Å². The predicted octanol–water partition coefficient (Wildman–Crippen LogP) is 3.85. The Morgan fingerprint density at radius 1 is 1.05 bits per heavy atom. The van der Waals surface area contributed by atoms with E-state index in [4.69, 9.17) is 15.2 Å². The number of phenols is 1. The number of aryl methyl sites for hydroxylation is 1. The van der Waals surface area contributed by atoms with Gasteiger partial charge in [-0.25, -0.2) is 24.5 Å². The van der Waals surface area contributed by atoms with Crippen molar-refractivity contribution in [1.82, 2.24) is 15.2 Å². The lowest BCUT2D eigenvalue weighted by Crippen LogP contribution is -2.39. The standard InChI is InChI=1S/C31H32N6O7/c1-17-3-4-20(28(39)35-21-7-8-21)13-25(17)36-27(34-15-32)26-18(2)24(14-33-26)29(40)37(22-9-10-22)31(42)44-16-43-30(41)19-5-11-23(38)12-6-19/h3-6,11-15,21-22,33,38H,7-10,16H2,1-2H3,(H,35,39)(H2,32,34,36). The van der Waals surface area contributed by atoms with E-state index in [9.17, 15) is 24.3 Å². The number of benzene rings is 2. The number of carbonyl (C=O) groups is 4. The lowest BCUT2D eigenvalue weighted by atomic mass is 10.1. The van der Waals surface area contributed by atoms with Crippen LogP contribution in [0.2, 0.25) is 0 Å². The van der Waals surface area contributed by atoms with E-state index in [-0.39, 0.29) is 40.7 Å². The van der Waals surface area contributed by atoms with Gasteiger partial charge in [0.1, 0.15) is 5.75 Å². The van der Waals surface area contributed by atoms with Crippen LogP contribution in [0.5, 0.6) is 5.75 Å². The zero-order valence-corrected chi connectivity index (χ0v) is 24.2. The highest BCUT2D eigenvalue weighted by Crippen LogP contribution is 2.31. The second kappa shape index (κ2) is 12.8. The topological polar surface area (TPSA) is 189 Å². The number of amides is 3. The first-order valence-electron chi connectivity index (χ1n) is 14.1. The second-order valence-electron chi connectivity index (χ2n) is 10.6. The number of aromatic nitrogens is 1. The van der Waals surface area contributed by atoms with Crippen molar-refractivity contribution in [1.29, 1.82) is 0 Å². The van der Waals surface area contributed by atoms with Crippen LogP contribution in [0.25, 0.3) is 0 Å². The number of imide groups is 1. The summed E-state index contributed by atoms with van der Waals surface area (Å²) in [5.74, 6) is -1.38. The van der Waals surface area contributed by atoms with Crippen LogP contribution in [0, 0.1) is 13.8 Å². The molecule has 5 rings (SSSR count). The highest BCUT2D eigenvalue weighted by Gasteiger charge is 2.40. The molecule has 1 aromatic heterocycles. The van der Waals surface area contributed by atoms with Gasteiger partial charge in [-0.15, -0.1) is 0 Å². The Labute approximate surface area is 252 Å². The predicted molar refractivity (Wildman–Crippen MR) is 160 cm³/mol. The summed E-state index contributed by atoms with van der Waals surface area (Å²) in [6.45, 7) is 2.83. The van der Waals surface area contributed by atoms with Crippen LogP contribution in [0.4, 0.5) is 10.5 Å². The maximum absolute atomic E-state index is 13.6. The molecule has 0 bridgehead atoms. The largest absolute Gasteiger partial charge is 0.508 e. The Morgan fingerprint density at radius 3 is 2.41 bits per heavy atom. The molecule has 2 aliphatic rings. The minimum atomic E-state index is -0.955. The van der Waals surface area contributed by atoms with Crippen LogP contribution in [0.15, 0.2) is 58.6 Å². The molecule has 0 unspecified atom stereocenters. The van der Waals surface area contributed by atoms with Crippen LogP contribution in [0.1, 0.15) is 73.6 Å². The van der Waals surface area contributed by atoms with E-state index >= 15 is 0 Å². The molecule has 2 aliphatic carbocycles. The minimum Gasteiger partial charge on any atom is -0.508 e. The third kappa shape index (κ3) is 6.94. The normalized spacial score (nSPS) is 14.7. The number of H-pyrrole nitrogens is 1. The van der Waals surface area contributed by atoms with E-state index < -0.39 is 24.8 Å². The second-order valence-corrected chi connectivity index (χ2v) is 10.6. The molecule has 2 saturated carbocycles. The summed E-state index contributed by atoms with van der Waals surface area (Å²) in [6.07, 6.45) is 4.73. The Hall–Kier alpha value is -5.46. The summed E-state index contributed by atoms with van der Waals surface area (Å²) in [5, 5.41) is 12.3. The molecule has 5 N–H and O–H groups in total. The van der Waals surface area contributed by atoms with Crippen LogP contribution < -0.4 is 11.1 Å². The molecule has 2 fully saturated rings. The number of aromatic hydroxyl groups is 1. The van der Waals surface area contributed by atoms with Crippen molar-refractivity contribution in [2.24, 2.45) is 15.7 Å². The number of esters is 1. The SMILES string of the molecule is Cc1ccc(C(=O)NC2CC2)cc1N=C(N=CN)c1[nH]cc(C(=O)N(C(=O)OCOC(=O)c2ccc(O)cc2)C2CC2)c1C. The van der Waals surface area contributed by atoms with Crippen LogP contribution in [-0.4, -0.2) is 69.9 Å². The number of hydrogen-bond donors (Lipinski definition) is 4. The first-order chi connectivity index (χ1) is 21.2. The number of amidine groups is 1. The molecule has 3 aromatic rings. The lowest BCUT2D eigenvalue weighted by Gasteiger charge is -2.20. The van der Waals surface area contributed by atoms with Gasteiger partial charge in [-0.2, -0.15) is 0 Å². The summed E-state index contributed by atoms with van der Waals surface area (Å²) in [6, 6.07) is 10.4. The molecule has 228 valence electrons. The van der Waals surface area contributed by atoms with Gasteiger partial charge in [0, 0.05) is 23.8 Å². The fraction of sp³-hybridized carbons (Fsp3) is 0.290. The first-order valence-corrected chi connectivity index (χ1v) is 14.1. The van der Waals surface area contributed by atoms with E-state index in [1.54, 1.807) is 25.1 Å². The number of ether oxygens (including phenoxy) is 2. The fourth-order valence-electron chi connectivity index (χ4n) is 4.40. The molecule has 0 saturated heterocycles. The third-order valence-corrected chi connectivity index (χ3v) is 7.20. The Morgan fingerprint density at radius 2 is 1.75 bits per heavy atom. The summed E-state index contributed by atoms with van der Waals surface area (Å²) >= 11 is 0. The van der Waals surface area contributed by atoms with Crippen molar-refractivity contribution in [2.45, 2.75) is 51.6 Å².